The summed E-state index contributed by atoms with van der Waals surface area (Å²) < 4.78 is 131. The van der Waals surface area contributed by atoms with Crippen molar-refractivity contribution < 1.29 is 43.2 Å². The quantitative estimate of drug-likeness (QED) is 0.144. The first-order valence-electron chi connectivity index (χ1n) is 15.8. The van der Waals surface area contributed by atoms with Crippen molar-refractivity contribution in [1.29, 1.82) is 0 Å². The van der Waals surface area contributed by atoms with E-state index in [9.17, 15) is 43.2 Å². The van der Waals surface area contributed by atoms with Crippen LogP contribution in [0.4, 0.5) is 26.3 Å². The van der Waals surface area contributed by atoms with Crippen LogP contribution in [0.25, 0.3) is 0 Å². The van der Waals surface area contributed by atoms with Gasteiger partial charge in [-0.2, -0.15) is 26.3 Å². The van der Waals surface area contributed by atoms with Crippen LogP contribution in [0, 0.1) is 0 Å². The number of hydrogen-bond acceptors (Lipinski definition) is 6. The number of fused-ring (bicyclic) bond motifs is 2. The van der Waals surface area contributed by atoms with Crippen LogP contribution in [0.2, 0.25) is 0 Å². The van der Waals surface area contributed by atoms with Gasteiger partial charge in [0.05, 0.1) is 30.8 Å². The third-order valence-corrected chi connectivity index (χ3v) is 15.8. The van der Waals surface area contributed by atoms with Crippen LogP contribution < -0.4 is 0 Å². The summed E-state index contributed by atoms with van der Waals surface area (Å²) in [7, 11) is -7.74. The highest BCUT2D eigenvalue weighted by Crippen LogP contribution is 2.51. The molecular weight excluding hydrogens is 739 g/mol. The molecule has 0 radical (unpaired) electrons. The Morgan fingerprint density at radius 2 is 0.800 bits per heavy atom. The minimum absolute atomic E-state index is 0.0761. The Hall–Kier alpha value is -2.94. The highest BCUT2D eigenvalue weighted by Gasteiger charge is 2.46. The largest absolute Gasteiger partial charge is 0.442 e. The van der Waals surface area contributed by atoms with E-state index in [2.05, 4.69) is 0 Å². The highest BCUT2D eigenvalue weighted by atomic mass is 32.2. The van der Waals surface area contributed by atoms with Gasteiger partial charge in [-0.3, -0.25) is 0 Å². The number of sulfone groups is 2. The summed E-state index contributed by atoms with van der Waals surface area (Å²) in [6, 6.07) is 29.2. The van der Waals surface area contributed by atoms with Gasteiger partial charge in [-0.15, -0.1) is 0 Å². The minimum atomic E-state index is -4.51. The van der Waals surface area contributed by atoms with Crippen LogP contribution in [0.1, 0.15) is 58.4 Å². The second kappa shape index (κ2) is 15.7. The molecule has 0 aliphatic heterocycles. The van der Waals surface area contributed by atoms with E-state index >= 15 is 0 Å². The molecule has 0 fully saturated rings. The van der Waals surface area contributed by atoms with Gasteiger partial charge < -0.3 is 0 Å². The van der Waals surface area contributed by atoms with E-state index < -0.39 is 51.7 Å². The van der Waals surface area contributed by atoms with Crippen molar-refractivity contribution in [2.24, 2.45) is 0 Å². The third kappa shape index (κ3) is 9.29. The van der Waals surface area contributed by atoms with Crippen LogP contribution in [0.5, 0.6) is 0 Å². The fourth-order valence-electron chi connectivity index (χ4n) is 6.54. The zero-order valence-corrected chi connectivity index (χ0v) is 29.7. The molecule has 2 aliphatic rings. The van der Waals surface area contributed by atoms with Crippen molar-refractivity contribution in [2.75, 3.05) is 0 Å². The summed E-state index contributed by atoms with van der Waals surface area (Å²) in [5, 5.41) is -4.54. The molecule has 4 atom stereocenters. The van der Waals surface area contributed by atoms with Crippen LogP contribution in [-0.4, -0.2) is 38.4 Å². The Morgan fingerprint density at radius 3 is 1.14 bits per heavy atom. The van der Waals surface area contributed by atoms with Crippen molar-refractivity contribution in [2.45, 2.75) is 80.3 Å². The Labute approximate surface area is 296 Å². The molecular formula is C36H34F6O4S4. The lowest BCUT2D eigenvalue weighted by molar-refractivity contribution is -0.0343. The molecule has 0 heterocycles. The van der Waals surface area contributed by atoms with Gasteiger partial charge in [0, 0.05) is 0 Å². The minimum Gasteiger partial charge on any atom is -0.223 e. The van der Waals surface area contributed by atoms with Crippen molar-refractivity contribution in [3.05, 3.63) is 131 Å². The molecule has 0 spiro atoms. The fraction of sp³-hybridized carbons (Fsp3) is 0.333. The maximum absolute atomic E-state index is 13.2. The van der Waals surface area contributed by atoms with Gasteiger partial charge in [0.2, 0.25) is 0 Å². The summed E-state index contributed by atoms with van der Waals surface area (Å²) in [5.41, 5.74) is -6.46. The maximum atomic E-state index is 13.2. The van der Waals surface area contributed by atoms with Crippen molar-refractivity contribution in [3.63, 3.8) is 0 Å². The van der Waals surface area contributed by atoms with Crippen LogP contribution in [-0.2, 0) is 32.5 Å². The number of rotatable bonds is 6. The van der Waals surface area contributed by atoms with Gasteiger partial charge in [0.1, 0.15) is 0 Å². The van der Waals surface area contributed by atoms with Crippen LogP contribution in [0.15, 0.2) is 119 Å². The number of aryl methyl sites for hydroxylation is 2. The van der Waals surface area contributed by atoms with E-state index in [1.54, 1.807) is 84.9 Å². The number of thioether (sulfide) groups is 2. The fourth-order valence-corrected chi connectivity index (χ4v) is 13.3. The Morgan fingerprint density at radius 1 is 0.480 bits per heavy atom. The lowest BCUT2D eigenvalue weighted by atomic mass is 10.0. The number of halogens is 6. The summed E-state index contributed by atoms with van der Waals surface area (Å²) in [4.78, 5) is 0.152. The third-order valence-electron chi connectivity index (χ3n) is 8.73. The predicted molar refractivity (Wildman–Crippen MR) is 186 cm³/mol. The van der Waals surface area contributed by atoms with Crippen LogP contribution in [0.3, 0.4) is 0 Å². The first kappa shape index (κ1) is 38.3. The van der Waals surface area contributed by atoms with E-state index in [1.807, 2.05) is 0 Å². The zero-order valence-electron chi connectivity index (χ0n) is 26.5. The standard InChI is InChI=1S/2C18H17F3O2S2/c2*19-18(20,21)24-17-15-11-5-4-7-13(15)8-6-12-16(17)25(22,23)14-9-2-1-3-10-14/h2*1-5,7,9-11,16-17H,6,8,12H2/t2*16-,17-/m00/s1. The SMILES string of the molecule is O=S(=O)(c1ccccc1)[C@H]1CCCc2ccccc2[C@@H]1SC(F)(F)F.O=S(=O)(c1ccccc1)[C@H]1CCCc2ccccc2[C@@H]1SC(F)(F)F. The summed E-state index contributed by atoms with van der Waals surface area (Å²) in [6.45, 7) is 0. The lowest BCUT2D eigenvalue weighted by Gasteiger charge is -2.27. The molecule has 4 nitrogen and oxygen atoms in total. The first-order valence-corrected chi connectivity index (χ1v) is 20.7. The van der Waals surface area contributed by atoms with Crippen LogP contribution >= 0.6 is 23.5 Å². The topological polar surface area (TPSA) is 68.3 Å². The van der Waals surface area contributed by atoms with Gasteiger partial charge in [0.25, 0.3) is 0 Å². The summed E-state index contributed by atoms with van der Waals surface area (Å²) >= 11 is -0.432. The number of hydrogen-bond donors (Lipinski definition) is 0. The van der Waals surface area contributed by atoms with Crippen molar-refractivity contribution >= 4 is 43.2 Å². The van der Waals surface area contributed by atoms with E-state index in [4.69, 9.17) is 0 Å². The normalized spacial score (nSPS) is 21.4. The van der Waals surface area contributed by atoms with E-state index in [0.29, 0.717) is 36.8 Å². The monoisotopic (exact) mass is 772 g/mol. The molecule has 4 aromatic rings. The molecule has 6 rings (SSSR count). The zero-order chi connectivity index (χ0) is 36.2. The summed E-state index contributed by atoms with van der Waals surface area (Å²) in [5.74, 6) is 0. The average Bonchev–Trinajstić information content (AvgIpc) is 3.37. The second-order valence-electron chi connectivity index (χ2n) is 11.9. The van der Waals surface area contributed by atoms with E-state index in [1.165, 1.54) is 24.3 Å². The van der Waals surface area contributed by atoms with Gasteiger partial charge in [-0.05, 0) is 109 Å². The number of benzene rings is 4. The molecule has 0 saturated heterocycles. The molecule has 0 N–H and O–H groups in total. The van der Waals surface area contributed by atoms with E-state index in [0.717, 1.165) is 11.1 Å². The highest BCUT2D eigenvalue weighted by molar-refractivity contribution is 8.02. The number of alkyl halides is 6. The molecule has 0 bridgehead atoms. The molecule has 2 aliphatic carbocycles. The molecule has 0 aromatic heterocycles. The molecule has 4 aromatic carbocycles. The molecule has 0 unspecified atom stereocenters. The maximum Gasteiger partial charge on any atom is 0.442 e. The van der Waals surface area contributed by atoms with Crippen molar-refractivity contribution in [1.82, 2.24) is 0 Å². The molecule has 0 saturated carbocycles. The van der Waals surface area contributed by atoms with Gasteiger partial charge in [0.15, 0.2) is 19.7 Å². The smallest absolute Gasteiger partial charge is 0.223 e. The predicted octanol–water partition coefficient (Wildman–Crippen LogP) is 10.3. The lowest BCUT2D eigenvalue weighted by Crippen LogP contribution is -2.28. The summed E-state index contributed by atoms with van der Waals surface area (Å²) in [6.07, 6.45) is 2.68. The molecule has 50 heavy (non-hydrogen) atoms. The Balaban J connectivity index is 0.000000194. The first-order chi connectivity index (χ1) is 23.6. The molecule has 268 valence electrons. The molecule has 14 heteroatoms. The van der Waals surface area contributed by atoms with E-state index in [-0.39, 0.29) is 46.2 Å². The Bertz CT molecular complexity index is 1810. The average molecular weight is 773 g/mol. The second-order valence-corrected chi connectivity index (χ2v) is 18.7. The Kier molecular flexibility index (Phi) is 12.1. The molecule has 0 amide bonds. The van der Waals surface area contributed by atoms with Gasteiger partial charge >= 0.3 is 11.0 Å². The van der Waals surface area contributed by atoms with Gasteiger partial charge in [-0.1, -0.05) is 84.9 Å². The van der Waals surface area contributed by atoms with Crippen molar-refractivity contribution in [3.8, 4) is 0 Å². The van der Waals surface area contributed by atoms with Gasteiger partial charge in [-0.25, -0.2) is 16.8 Å².